The minimum absolute atomic E-state index is 0.301. The Bertz CT molecular complexity index is 952. The Hall–Kier alpha value is -2.03. The van der Waals surface area contributed by atoms with Crippen LogP contribution in [0.5, 0.6) is 0 Å². The molecule has 3 aliphatic rings. The lowest BCUT2D eigenvalue weighted by Crippen LogP contribution is -2.58. The van der Waals surface area contributed by atoms with E-state index in [2.05, 4.69) is 5.32 Å². The van der Waals surface area contributed by atoms with Crippen molar-refractivity contribution < 1.29 is 28.5 Å². The van der Waals surface area contributed by atoms with E-state index >= 15 is 0 Å². The zero-order chi connectivity index (χ0) is 20.4. The highest BCUT2D eigenvalue weighted by molar-refractivity contribution is 6.03. The Kier molecular flexibility index (Phi) is 4.24. The normalized spacial score (nSPS) is 34.6. The summed E-state index contributed by atoms with van der Waals surface area (Å²) in [6, 6.07) is 13.7. The highest BCUT2D eigenvalue weighted by Gasteiger charge is 2.62. The summed E-state index contributed by atoms with van der Waals surface area (Å²) in [6.07, 6.45) is -3.11. The molecule has 2 aromatic carbocycles. The Labute approximate surface area is 169 Å². The molecule has 2 aromatic rings. The van der Waals surface area contributed by atoms with Crippen LogP contribution >= 0.6 is 0 Å². The van der Waals surface area contributed by atoms with Crippen LogP contribution in [0.2, 0.25) is 0 Å². The van der Waals surface area contributed by atoms with E-state index in [4.69, 9.17) is 23.7 Å². The summed E-state index contributed by atoms with van der Waals surface area (Å²) in [5, 5.41) is 5.00. The topological polar surface area (TPSA) is 75.3 Å². The zero-order valence-corrected chi connectivity index (χ0v) is 16.9. The van der Waals surface area contributed by atoms with Gasteiger partial charge in [-0.25, -0.2) is 0 Å². The van der Waals surface area contributed by atoms with Gasteiger partial charge in [0.2, 0.25) is 0 Å². The molecule has 154 valence electrons. The van der Waals surface area contributed by atoms with Gasteiger partial charge < -0.3 is 29.0 Å². The van der Waals surface area contributed by atoms with E-state index in [-0.39, 0.29) is 5.91 Å². The Morgan fingerprint density at radius 1 is 0.828 bits per heavy atom. The molecule has 0 saturated carbocycles. The molecule has 0 aromatic heterocycles. The molecular weight excluding hydrogens is 374 g/mol. The third-order valence-corrected chi connectivity index (χ3v) is 5.46. The molecule has 1 N–H and O–H groups in total. The van der Waals surface area contributed by atoms with Crippen LogP contribution < -0.4 is 5.32 Å². The van der Waals surface area contributed by atoms with E-state index in [1.54, 1.807) is 0 Å². The maximum Gasteiger partial charge on any atom is 0.256 e. The molecule has 0 spiro atoms. The molecule has 0 unspecified atom stereocenters. The average Bonchev–Trinajstić information content (AvgIpc) is 3.15. The Morgan fingerprint density at radius 2 is 1.48 bits per heavy atom. The molecule has 7 nitrogen and oxygen atoms in total. The summed E-state index contributed by atoms with van der Waals surface area (Å²) in [7, 11) is 0. The van der Waals surface area contributed by atoms with Crippen molar-refractivity contribution in [2.45, 2.75) is 70.0 Å². The van der Waals surface area contributed by atoms with Gasteiger partial charge in [-0.3, -0.25) is 4.79 Å². The van der Waals surface area contributed by atoms with Crippen molar-refractivity contribution in [2.24, 2.45) is 0 Å². The van der Waals surface area contributed by atoms with Gasteiger partial charge in [0.05, 0.1) is 0 Å². The fourth-order valence-corrected chi connectivity index (χ4v) is 4.36. The van der Waals surface area contributed by atoms with Crippen molar-refractivity contribution >= 4 is 22.4 Å². The number of carbonyl (C=O) groups excluding carboxylic acids is 1. The molecular formula is C22H25NO6. The highest BCUT2D eigenvalue weighted by Crippen LogP contribution is 2.44. The number of benzene rings is 2. The second-order valence-corrected chi connectivity index (χ2v) is 8.61. The summed E-state index contributed by atoms with van der Waals surface area (Å²) in [4.78, 5) is 13.2. The van der Waals surface area contributed by atoms with Gasteiger partial charge in [0.25, 0.3) is 5.91 Å². The Balaban J connectivity index is 1.44. The molecule has 5 atom stereocenters. The molecule has 1 amide bonds. The first-order chi connectivity index (χ1) is 13.7. The number of anilines is 1. The molecule has 3 fully saturated rings. The van der Waals surface area contributed by atoms with Crippen LogP contribution in [0.25, 0.3) is 10.8 Å². The lowest BCUT2D eigenvalue weighted by molar-refractivity contribution is -0.229. The minimum atomic E-state index is -0.889. The quantitative estimate of drug-likeness (QED) is 0.836. The number of rotatable bonds is 2. The molecule has 5 rings (SSSR count). The van der Waals surface area contributed by atoms with Gasteiger partial charge in [-0.1, -0.05) is 36.4 Å². The van der Waals surface area contributed by atoms with Gasteiger partial charge in [0.15, 0.2) is 24.0 Å². The van der Waals surface area contributed by atoms with Gasteiger partial charge in [-0.2, -0.15) is 0 Å². The molecule has 3 heterocycles. The fourth-order valence-electron chi connectivity index (χ4n) is 4.36. The molecule has 0 radical (unpaired) electrons. The van der Waals surface area contributed by atoms with Crippen LogP contribution in [0.3, 0.4) is 0 Å². The largest absolute Gasteiger partial charge is 0.342 e. The third-order valence-electron chi connectivity index (χ3n) is 5.46. The van der Waals surface area contributed by atoms with Crippen LogP contribution in [0, 0.1) is 0 Å². The van der Waals surface area contributed by atoms with Crippen molar-refractivity contribution in [3.8, 4) is 0 Å². The number of fused-ring (bicyclic) bond motifs is 4. The first-order valence-electron chi connectivity index (χ1n) is 9.88. The Morgan fingerprint density at radius 3 is 2.31 bits per heavy atom. The SMILES string of the molecule is CC1(C)O[C@@H]2[C@@H](O1)[C@H](C(=O)Nc1cccc3ccccc13)O[C@H]1OC(C)(C)O[C@@H]12. The van der Waals surface area contributed by atoms with E-state index in [1.165, 1.54) is 0 Å². The predicted octanol–water partition coefficient (Wildman–Crippen LogP) is 3.17. The third kappa shape index (κ3) is 3.33. The van der Waals surface area contributed by atoms with Crippen molar-refractivity contribution in [3.05, 3.63) is 42.5 Å². The predicted molar refractivity (Wildman–Crippen MR) is 105 cm³/mol. The number of ether oxygens (including phenoxy) is 5. The maximum atomic E-state index is 13.2. The van der Waals surface area contributed by atoms with Crippen molar-refractivity contribution in [2.75, 3.05) is 5.32 Å². The van der Waals surface area contributed by atoms with Crippen LogP contribution in [-0.2, 0) is 28.5 Å². The van der Waals surface area contributed by atoms with E-state index in [9.17, 15) is 4.79 Å². The first kappa shape index (κ1) is 19.0. The van der Waals surface area contributed by atoms with Gasteiger partial charge >= 0.3 is 0 Å². The average molecular weight is 399 g/mol. The number of nitrogens with one attached hydrogen (secondary N) is 1. The number of carbonyl (C=O) groups is 1. The summed E-state index contributed by atoms with van der Waals surface area (Å²) in [5.74, 6) is -1.97. The van der Waals surface area contributed by atoms with Gasteiger partial charge in [0, 0.05) is 11.1 Å². The summed E-state index contributed by atoms with van der Waals surface area (Å²) in [6.45, 7) is 7.27. The van der Waals surface area contributed by atoms with Crippen molar-refractivity contribution in [1.29, 1.82) is 0 Å². The second kappa shape index (κ2) is 6.48. The summed E-state index contributed by atoms with van der Waals surface area (Å²) >= 11 is 0. The number of hydrogen-bond donors (Lipinski definition) is 1. The molecule has 29 heavy (non-hydrogen) atoms. The lowest BCUT2D eigenvalue weighted by Gasteiger charge is -2.36. The molecule has 0 aliphatic carbocycles. The van der Waals surface area contributed by atoms with E-state index in [0.717, 1.165) is 16.5 Å². The standard InChI is InChI=1S/C22H25NO6/c1-21(2)26-15-16(27-21)18-20(29-22(3,4)28-18)25-17(15)19(24)23-14-11-7-9-12-8-5-6-10-13(12)14/h5-11,15-18,20H,1-4H3,(H,23,24)/t15-,16-,17-,18-,20+/m1/s1. The molecule has 3 saturated heterocycles. The zero-order valence-electron chi connectivity index (χ0n) is 16.9. The highest BCUT2D eigenvalue weighted by atomic mass is 16.9. The van der Waals surface area contributed by atoms with Gasteiger partial charge in [-0.05, 0) is 39.1 Å². The van der Waals surface area contributed by atoms with E-state index in [0.29, 0.717) is 0 Å². The molecule has 3 aliphatic heterocycles. The van der Waals surface area contributed by atoms with Gasteiger partial charge in [0.1, 0.15) is 18.3 Å². The molecule has 7 heteroatoms. The van der Waals surface area contributed by atoms with Crippen LogP contribution in [-0.4, -0.2) is 48.2 Å². The van der Waals surface area contributed by atoms with E-state index in [1.807, 2.05) is 70.2 Å². The fraction of sp³-hybridized carbons (Fsp3) is 0.500. The second-order valence-electron chi connectivity index (χ2n) is 8.61. The summed E-state index contributed by atoms with van der Waals surface area (Å²) in [5.41, 5.74) is 0.720. The van der Waals surface area contributed by atoms with Crippen LogP contribution in [0.1, 0.15) is 27.7 Å². The van der Waals surface area contributed by atoms with Crippen molar-refractivity contribution in [1.82, 2.24) is 0 Å². The van der Waals surface area contributed by atoms with Crippen LogP contribution in [0.15, 0.2) is 42.5 Å². The molecule has 0 bridgehead atoms. The van der Waals surface area contributed by atoms with E-state index < -0.39 is 42.3 Å². The number of hydrogen-bond acceptors (Lipinski definition) is 6. The maximum absolute atomic E-state index is 13.2. The monoisotopic (exact) mass is 399 g/mol. The summed E-state index contributed by atoms with van der Waals surface area (Å²) < 4.78 is 30.0. The van der Waals surface area contributed by atoms with Gasteiger partial charge in [-0.15, -0.1) is 0 Å². The smallest absolute Gasteiger partial charge is 0.256 e. The first-order valence-corrected chi connectivity index (χ1v) is 9.88. The number of amides is 1. The van der Waals surface area contributed by atoms with Crippen LogP contribution in [0.4, 0.5) is 5.69 Å². The lowest BCUT2D eigenvalue weighted by atomic mass is 9.98. The van der Waals surface area contributed by atoms with Crippen molar-refractivity contribution in [3.63, 3.8) is 0 Å². The minimum Gasteiger partial charge on any atom is -0.342 e.